The van der Waals surface area contributed by atoms with Gasteiger partial charge in [-0.2, -0.15) is 0 Å². The van der Waals surface area contributed by atoms with Gasteiger partial charge in [-0.15, -0.1) is 11.3 Å². The highest BCUT2D eigenvalue weighted by Crippen LogP contribution is 2.30. The van der Waals surface area contributed by atoms with Gasteiger partial charge in [-0.05, 0) is 44.3 Å². The second kappa shape index (κ2) is 7.57. The fourth-order valence-corrected chi connectivity index (χ4v) is 3.19. The summed E-state index contributed by atoms with van der Waals surface area (Å²) in [5.41, 5.74) is 3.60. The molecule has 2 aromatic rings. The largest absolute Gasteiger partial charge is 0.367 e. The molecule has 0 spiro atoms. The second-order valence-corrected chi connectivity index (χ2v) is 6.41. The lowest BCUT2D eigenvalue weighted by Crippen LogP contribution is -2.24. The molecule has 0 fully saturated rings. The summed E-state index contributed by atoms with van der Waals surface area (Å²) in [5, 5.41) is 5.62. The van der Waals surface area contributed by atoms with Crippen LogP contribution in [0.4, 0.5) is 5.69 Å². The molecule has 0 amide bonds. The van der Waals surface area contributed by atoms with Gasteiger partial charge in [-0.1, -0.05) is 13.0 Å². The van der Waals surface area contributed by atoms with Gasteiger partial charge >= 0.3 is 0 Å². The van der Waals surface area contributed by atoms with Gasteiger partial charge < -0.3 is 10.2 Å². The van der Waals surface area contributed by atoms with Gasteiger partial charge in [0.25, 0.3) is 0 Å². The van der Waals surface area contributed by atoms with Crippen molar-refractivity contribution in [1.82, 2.24) is 10.3 Å². The van der Waals surface area contributed by atoms with Gasteiger partial charge in [0.1, 0.15) is 0 Å². The van der Waals surface area contributed by atoms with Gasteiger partial charge in [-0.3, -0.25) is 4.98 Å². The zero-order valence-electron chi connectivity index (χ0n) is 13.4. The molecule has 114 valence electrons. The Balaban J connectivity index is 2.21. The van der Waals surface area contributed by atoms with Crippen LogP contribution in [0.3, 0.4) is 0 Å². The lowest BCUT2D eigenvalue weighted by molar-refractivity contribution is 0.667. The van der Waals surface area contributed by atoms with E-state index in [1.807, 2.05) is 17.5 Å². The van der Waals surface area contributed by atoms with Crippen LogP contribution >= 0.6 is 11.3 Å². The quantitative estimate of drug-likeness (QED) is 0.779. The summed E-state index contributed by atoms with van der Waals surface area (Å²) >= 11 is 1.81. The Morgan fingerprint density at radius 2 is 2.24 bits per heavy atom. The van der Waals surface area contributed by atoms with Gasteiger partial charge in [0, 0.05) is 41.6 Å². The molecule has 1 atom stereocenters. The van der Waals surface area contributed by atoms with Crippen LogP contribution in [-0.2, 0) is 6.54 Å². The van der Waals surface area contributed by atoms with E-state index in [0.29, 0.717) is 6.04 Å². The van der Waals surface area contributed by atoms with Crippen LogP contribution in [0.1, 0.15) is 42.4 Å². The number of aryl methyl sites for hydroxylation is 1. The lowest BCUT2D eigenvalue weighted by atomic mass is 10.1. The Hall–Kier alpha value is -1.39. The molecule has 1 N–H and O–H groups in total. The van der Waals surface area contributed by atoms with Crippen molar-refractivity contribution >= 4 is 17.0 Å². The summed E-state index contributed by atoms with van der Waals surface area (Å²) in [7, 11) is 2.17. The van der Waals surface area contributed by atoms with E-state index in [4.69, 9.17) is 0 Å². The van der Waals surface area contributed by atoms with Crippen LogP contribution in [0.5, 0.6) is 0 Å². The van der Waals surface area contributed by atoms with Crippen molar-refractivity contribution in [3.05, 3.63) is 45.9 Å². The molecule has 2 rings (SSSR count). The Morgan fingerprint density at radius 3 is 2.90 bits per heavy atom. The molecule has 0 aliphatic carbocycles. The lowest BCUT2D eigenvalue weighted by Gasteiger charge is -2.28. The molecule has 1 unspecified atom stereocenters. The van der Waals surface area contributed by atoms with Crippen molar-refractivity contribution in [2.24, 2.45) is 0 Å². The standard InChI is InChI=1S/C17H25N3S/c1-5-8-18-11-15-12-19-13(2)10-16(15)20(4)14(3)17-7-6-9-21-17/h6-7,9-10,12,14,18H,5,8,11H2,1-4H3. The third kappa shape index (κ3) is 4.05. The Morgan fingerprint density at radius 1 is 1.43 bits per heavy atom. The first kappa shape index (κ1) is 16.0. The van der Waals surface area contributed by atoms with Crippen molar-refractivity contribution in [3.8, 4) is 0 Å². The molecule has 0 aliphatic heterocycles. The van der Waals surface area contributed by atoms with E-state index in [9.17, 15) is 0 Å². The Labute approximate surface area is 132 Å². The van der Waals surface area contributed by atoms with Crippen LogP contribution in [-0.4, -0.2) is 18.6 Å². The number of nitrogens with zero attached hydrogens (tertiary/aromatic N) is 2. The average molecular weight is 303 g/mol. The van der Waals surface area contributed by atoms with Crippen molar-refractivity contribution < 1.29 is 0 Å². The van der Waals surface area contributed by atoms with E-state index in [-0.39, 0.29) is 0 Å². The molecular formula is C17H25N3S. The van der Waals surface area contributed by atoms with Crippen LogP contribution in [0, 0.1) is 6.92 Å². The van der Waals surface area contributed by atoms with E-state index >= 15 is 0 Å². The first-order chi connectivity index (χ1) is 10.1. The molecule has 0 saturated carbocycles. The topological polar surface area (TPSA) is 28.2 Å². The van der Waals surface area contributed by atoms with E-state index in [1.54, 1.807) is 0 Å². The Kier molecular flexibility index (Phi) is 5.76. The first-order valence-corrected chi connectivity index (χ1v) is 8.44. The van der Waals surface area contributed by atoms with Crippen LogP contribution in [0.25, 0.3) is 0 Å². The number of anilines is 1. The van der Waals surface area contributed by atoms with E-state index in [1.165, 1.54) is 16.1 Å². The zero-order valence-corrected chi connectivity index (χ0v) is 14.2. The highest BCUT2D eigenvalue weighted by atomic mass is 32.1. The molecule has 2 heterocycles. The monoisotopic (exact) mass is 303 g/mol. The molecule has 4 heteroatoms. The number of hydrogen-bond donors (Lipinski definition) is 1. The molecule has 21 heavy (non-hydrogen) atoms. The maximum absolute atomic E-state index is 4.46. The average Bonchev–Trinajstić information content (AvgIpc) is 3.01. The predicted octanol–water partition coefficient (Wildman–Crippen LogP) is 4.15. The first-order valence-electron chi connectivity index (χ1n) is 7.56. The fourth-order valence-electron chi connectivity index (χ4n) is 2.37. The fraction of sp³-hybridized carbons (Fsp3) is 0.471. The number of nitrogens with one attached hydrogen (secondary N) is 1. The summed E-state index contributed by atoms with van der Waals surface area (Å²) < 4.78 is 0. The smallest absolute Gasteiger partial charge is 0.0603 e. The van der Waals surface area contributed by atoms with Crippen molar-refractivity contribution in [2.45, 2.75) is 39.8 Å². The molecule has 0 aliphatic rings. The van der Waals surface area contributed by atoms with E-state index < -0.39 is 0 Å². The zero-order chi connectivity index (χ0) is 15.2. The van der Waals surface area contributed by atoms with Crippen LogP contribution < -0.4 is 10.2 Å². The maximum atomic E-state index is 4.46. The minimum atomic E-state index is 0.372. The van der Waals surface area contributed by atoms with E-state index in [0.717, 1.165) is 25.2 Å². The third-order valence-electron chi connectivity index (χ3n) is 3.76. The van der Waals surface area contributed by atoms with Crippen LogP contribution in [0.15, 0.2) is 29.8 Å². The molecule has 3 nitrogen and oxygen atoms in total. The van der Waals surface area contributed by atoms with Crippen molar-refractivity contribution in [2.75, 3.05) is 18.5 Å². The maximum Gasteiger partial charge on any atom is 0.0603 e. The van der Waals surface area contributed by atoms with Gasteiger partial charge in [0.2, 0.25) is 0 Å². The number of pyridine rings is 1. The summed E-state index contributed by atoms with van der Waals surface area (Å²) in [6.45, 7) is 8.41. The van der Waals surface area contributed by atoms with Gasteiger partial charge in [-0.25, -0.2) is 0 Å². The minimum Gasteiger partial charge on any atom is -0.367 e. The van der Waals surface area contributed by atoms with Crippen LogP contribution in [0.2, 0.25) is 0 Å². The summed E-state index contributed by atoms with van der Waals surface area (Å²) in [5.74, 6) is 0. The molecule has 0 saturated heterocycles. The van der Waals surface area contributed by atoms with Crippen molar-refractivity contribution in [1.29, 1.82) is 0 Å². The highest BCUT2D eigenvalue weighted by Gasteiger charge is 2.16. The molecule has 0 aromatic carbocycles. The van der Waals surface area contributed by atoms with E-state index in [2.05, 4.69) is 66.6 Å². The third-order valence-corrected chi connectivity index (χ3v) is 4.80. The Bertz CT molecular complexity index is 551. The molecule has 0 radical (unpaired) electrons. The SMILES string of the molecule is CCCNCc1cnc(C)cc1N(C)C(C)c1cccs1. The summed E-state index contributed by atoms with van der Waals surface area (Å²) in [6, 6.07) is 6.88. The van der Waals surface area contributed by atoms with Gasteiger partial charge in [0.05, 0.1) is 6.04 Å². The molecule has 0 bridgehead atoms. The van der Waals surface area contributed by atoms with Gasteiger partial charge in [0.15, 0.2) is 0 Å². The molecular weight excluding hydrogens is 278 g/mol. The molecule has 2 aromatic heterocycles. The highest BCUT2D eigenvalue weighted by molar-refractivity contribution is 7.10. The number of rotatable bonds is 7. The number of aromatic nitrogens is 1. The summed E-state index contributed by atoms with van der Waals surface area (Å²) in [6.07, 6.45) is 3.15. The summed E-state index contributed by atoms with van der Waals surface area (Å²) in [4.78, 5) is 8.20. The predicted molar refractivity (Wildman–Crippen MR) is 92.1 cm³/mol. The number of hydrogen-bond acceptors (Lipinski definition) is 4. The second-order valence-electron chi connectivity index (χ2n) is 5.43. The number of thiophene rings is 1. The normalized spacial score (nSPS) is 12.4. The van der Waals surface area contributed by atoms with Crippen molar-refractivity contribution in [3.63, 3.8) is 0 Å². The minimum absolute atomic E-state index is 0.372.